The van der Waals surface area contributed by atoms with Crippen molar-refractivity contribution in [3.63, 3.8) is 0 Å². The molecule has 2 aliphatic rings. The summed E-state index contributed by atoms with van der Waals surface area (Å²) in [7, 11) is 1.56. The second kappa shape index (κ2) is 7.21. The highest BCUT2D eigenvalue weighted by Gasteiger charge is 2.47. The van der Waals surface area contributed by atoms with Gasteiger partial charge in [-0.1, -0.05) is 12.1 Å². The van der Waals surface area contributed by atoms with E-state index in [-0.39, 0.29) is 24.1 Å². The molecule has 1 unspecified atom stereocenters. The highest BCUT2D eigenvalue weighted by Crippen LogP contribution is 2.34. The molecule has 3 amide bonds. The molecule has 0 saturated carbocycles. The van der Waals surface area contributed by atoms with E-state index in [4.69, 9.17) is 4.74 Å². The summed E-state index contributed by atoms with van der Waals surface area (Å²) in [5, 5.41) is 0. The lowest BCUT2D eigenvalue weighted by molar-refractivity contribution is -0.160. The van der Waals surface area contributed by atoms with E-state index in [1.54, 1.807) is 41.7 Å². The molecule has 1 aromatic rings. The lowest BCUT2D eigenvalue weighted by atomic mass is 9.94. The van der Waals surface area contributed by atoms with Crippen LogP contribution in [0.1, 0.15) is 27.2 Å². The summed E-state index contributed by atoms with van der Waals surface area (Å²) in [5.41, 5.74) is -0.224. The summed E-state index contributed by atoms with van der Waals surface area (Å²) in [6.07, 6.45) is 0.148. The third-order valence-electron chi connectivity index (χ3n) is 5.58. The molecule has 0 bridgehead atoms. The van der Waals surface area contributed by atoms with Gasteiger partial charge in [0.15, 0.2) is 0 Å². The number of methoxy groups -OCH3 is 1. The van der Waals surface area contributed by atoms with E-state index < -0.39 is 11.5 Å². The number of nitrogens with zero attached hydrogens (tertiary/aromatic N) is 3. The third kappa shape index (κ3) is 3.26. The minimum atomic E-state index is -0.897. The van der Waals surface area contributed by atoms with E-state index in [9.17, 15) is 14.4 Å². The van der Waals surface area contributed by atoms with Gasteiger partial charge in [-0.3, -0.25) is 14.4 Å². The first-order valence-electron chi connectivity index (χ1n) is 9.35. The Morgan fingerprint density at radius 3 is 2.59 bits per heavy atom. The fraction of sp³-hybridized carbons (Fsp3) is 0.550. The smallest absolute Gasteiger partial charge is 0.248 e. The SMILES string of the molecule is CCN1CCN(C(=O)C2CC(=O)N(c3ccccc3OC)C2)C(C)(C)C1=O. The van der Waals surface area contributed by atoms with Gasteiger partial charge in [0.1, 0.15) is 11.3 Å². The molecule has 1 atom stereocenters. The van der Waals surface area contributed by atoms with Crippen LogP contribution in [0.3, 0.4) is 0 Å². The standard InChI is InChI=1S/C20H27N3O4/c1-5-21-10-11-23(20(2,3)19(21)26)18(25)14-12-17(24)22(13-14)15-8-6-7-9-16(15)27-4/h6-9,14H,5,10-13H2,1-4H3. The Morgan fingerprint density at radius 1 is 1.22 bits per heavy atom. The number of carbonyl (C=O) groups is 3. The topological polar surface area (TPSA) is 70.2 Å². The van der Waals surface area contributed by atoms with E-state index in [1.165, 1.54) is 0 Å². The average molecular weight is 373 g/mol. The van der Waals surface area contributed by atoms with Crippen LogP contribution < -0.4 is 9.64 Å². The first-order valence-corrected chi connectivity index (χ1v) is 9.35. The van der Waals surface area contributed by atoms with Crippen molar-refractivity contribution in [2.75, 3.05) is 38.2 Å². The van der Waals surface area contributed by atoms with Gasteiger partial charge in [0.05, 0.1) is 18.7 Å². The van der Waals surface area contributed by atoms with Crippen molar-refractivity contribution < 1.29 is 19.1 Å². The molecule has 7 heteroatoms. The zero-order valence-electron chi connectivity index (χ0n) is 16.4. The predicted octanol–water partition coefficient (Wildman–Crippen LogP) is 1.52. The van der Waals surface area contributed by atoms with Gasteiger partial charge in [-0.2, -0.15) is 0 Å². The average Bonchev–Trinajstić information content (AvgIpc) is 3.05. The van der Waals surface area contributed by atoms with Crippen LogP contribution in [0.15, 0.2) is 24.3 Å². The molecule has 0 aliphatic carbocycles. The van der Waals surface area contributed by atoms with Gasteiger partial charge in [-0.15, -0.1) is 0 Å². The van der Waals surface area contributed by atoms with Crippen LogP contribution in [0.4, 0.5) is 5.69 Å². The lowest BCUT2D eigenvalue weighted by Gasteiger charge is -2.46. The predicted molar refractivity (Wildman–Crippen MR) is 102 cm³/mol. The molecular formula is C20H27N3O4. The molecule has 0 radical (unpaired) electrons. The minimum absolute atomic E-state index is 0.0458. The van der Waals surface area contributed by atoms with E-state index in [0.717, 1.165) is 0 Å². The summed E-state index contributed by atoms with van der Waals surface area (Å²) in [5.74, 6) is -0.131. The number of benzene rings is 1. The quantitative estimate of drug-likeness (QED) is 0.802. The molecule has 27 heavy (non-hydrogen) atoms. The third-order valence-corrected chi connectivity index (χ3v) is 5.58. The molecule has 2 heterocycles. The Morgan fingerprint density at radius 2 is 1.93 bits per heavy atom. The number of likely N-dealkylation sites (N-methyl/N-ethyl adjacent to an activating group) is 1. The van der Waals surface area contributed by atoms with Gasteiger partial charge >= 0.3 is 0 Å². The van der Waals surface area contributed by atoms with Crippen LogP contribution in [0.2, 0.25) is 0 Å². The minimum Gasteiger partial charge on any atom is -0.495 e. The maximum absolute atomic E-state index is 13.2. The number of anilines is 1. The fourth-order valence-electron chi connectivity index (χ4n) is 3.97. The Kier molecular flexibility index (Phi) is 5.13. The van der Waals surface area contributed by atoms with Crippen molar-refractivity contribution in [1.82, 2.24) is 9.80 Å². The van der Waals surface area contributed by atoms with Crippen LogP contribution in [0, 0.1) is 5.92 Å². The normalized spacial score (nSPS) is 22.4. The van der Waals surface area contributed by atoms with Crippen molar-refractivity contribution in [3.05, 3.63) is 24.3 Å². The highest BCUT2D eigenvalue weighted by atomic mass is 16.5. The summed E-state index contributed by atoms with van der Waals surface area (Å²) in [6, 6.07) is 7.29. The van der Waals surface area contributed by atoms with Crippen LogP contribution in [0.25, 0.3) is 0 Å². The van der Waals surface area contributed by atoms with Crippen LogP contribution >= 0.6 is 0 Å². The second-order valence-electron chi connectivity index (χ2n) is 7.51. The number of amides is 3. The molecule has 1 aromatic carbocycles. The molecule has 7 nitrogen and oxygen atoms in total. The maximum Gasteiger partial charge on any atom is 0.248 e. The number of para-hydroxylation sites is 2. The first kappa shape index (κ1) is 19.2. The van der Waals surface area contributed by atoms with Crippen LogP contribution in [0.5, 0.6) is 5.75 Å². The number of hydrogen-bond acceptors (Lipinski definition) is 4. The molecule has 0 spiro atoms. The number of rotatable bonds is 4. The van der Waals surface area contributed by atoms with Gasteiger partial charge in [0.2, 0.25) is 17.7 Å². The Labute approximate surface area is 159 Å². The number of hydrogen-bond donors (Lipinski definition) is 0. The molecule has 146 valence electrons. The highest BCUT2D eigenvalue weighted by molar-refractivity contribution is 6.02. The van der Waals surface area contributed by atoms with Crippen molar-refractivity contribution in [1.29, 1.82) is 0 Å². The van der Waals surface area contributed by atoms with Gasteiger partial charge in [-0.05, 0) is 32.9 Å². The Bertz CT molecular complexity index is 761. The largest absolute Gasteiger partial charge is 0.495 e. The van der Waals surface area contributed by atoms with E-state index in [1.807, 2.05) is 25.1 Å². The summed E-state index contributed by atoms with van der Waals surface area (Å²) in [4.78, 5) is 43.5. The molecule has 2 fully saturated rings. The fourth-order valence-corrected chi connectivity index (χ4v) is 3.97. The number of piperazine rings is 1. The van der Waals surface area contributed by atoms with Crippen LogP contribution in [-0.2, 0) is 14.4 Å². The van der Waals surface area contributed by atoms with Crippen molar-refractivity contribution in [3.8, 4) is 5.75 Å². The summed E-state index contributed by atoms with van der Waals surface area (Å²) in [6.45, 7) is 7.45. The van der Waals surface area contributed by atoms with Gasteiger partial charge in [0, 0.05) is 32.6 Å². The lowest BCUT2D eigenvalue weighted by Crippen LogP contribution is -2.65. The first-order chi connectivity index (χ1) is 12.8. The molecule has 0 aromatic heterocycles. The van der Waals surface area contributed by atoms with Gasteiger partial charge in [-0.25, -0.2) is 0 Å². The number of ether oxygens (including phenoxy) is 1. The van der Waals surface area contributed by atoms with Crippen molar-refractivity contribution in [2.45, 2.75) is 32.7 Å². The van der Waals surface area contributed by atoms with E-state index in [2.05, 4.69) is 0 Å². The Balaban J connectivity index is 1.79. The monoisotopic (exact) mass is 373 g/mol. The van der Waals surface area contributed by atoms with Gasteiger partial charge < -0.3 is 19.4 Å². The zero-order chi connectivity index (χ0) is 19.8. The van der Waals surface area contributed by atoms with E-state index >= 15 is 0 Å². The number of carbonyl (C=O) groups excluding carboxylic acids is 3. The van der Waals surface area contributed by atoms with Crippen molar-refractivity contribution >= 4 is 23.4 Å². The van der Waals surface area contributed by atoms with Gasteiger partial charge in [0.25, 0.3) is 0 Å². The van der Waals surface area contributed by atoms with Crippen molar-refractivity contribution in [2.24, 2.45) is 5.92 Å². The molecule has 3 rings (SSSR count). The van der Waals surface area contributed by atoms with E-state index in [0.29, 0.717) is 37.6 Å². The van der Waals surface area contributed by atoms with Crippen LogP contribution in [-0.4, -0.2) is 66.3 Å². The second-order valence-corrected chi connectivity index (χ2v) is 7.51. The molecule has 2 aliphatic heterocycles. The summed E-state index contributed by atoms with van der Waals surface area (Å²) < 4.78 is 5.35. The molecule has 0 N–H and O–H groups in total. The zero-order valence-corrected chi connectivity index (χ0v) is 16.4. The summed E-state index contributed by atoms with van der Waals surface area (Å²) >= 11 is 0. The Hall–Kier alpha value is -2.57. The molecule has 2 saturated heterocycles. The maximum atomic E-state index is 13.2. The molecular weight excluding hydrogens is 346 g/mol.